The predicted octanol–water partition coefficient (Wildman–Crippen LogP) is 7.54. The third kappa shape index (κ3) is 6.67. The number of rotatable bonds is 9. The molecule has 0 radical (unpaired) electrons. The second kappa shape index (κ2) is 12.2. The van der Waals surface area contributed by atoms with Crippen molar-refractivity contribution in [3.05, 3.63) is 111 Å². The molecule has 1 aliphatic rings. The number of para-hydroxylation sites is 1. The van der Waals surface area contributed by atoms with Crippen molar-refractivity contribution in [2.45, 2.75) is 31.2 Å². The normalized spacial score (nSPS) is 15.6. The zero-order chi connectivity index (χ0) is 25.7. The molecule has 0 aromatic heterocycles. The molecular formula is C27H25Cl4N3O2. The molecule has 0 saturated heterocycles. The highest BCUT2D eigenvalue weighted by Crippen LogP contribution is 2.33. The van der Waals surface area contributed by atoms with E-state index >= 15 is 0 Å². The Labute approximate surface area is 231 Å². The van der Waals surface area contributed by atoms with Crippen molar-refractivity contribution >= 4 is 58.0 Å². The maximum atomic E-state index is 12.8. The van der Waals surface area contributed by atoms with Gasteiger partial charge in [0.25, 0.3) is 0 Å². The fourth-order valence-corrected chi connectivity index (χ4v) is 4.70. The van der Waals surface area contributed by atoms with Gasteiger partial charge in [-0.1, -0.05) is 82.8 Å². The topological polar surface area (TPSA) is 44.8 Å². The molecule has 1 amide bonds. The molecule has 3 aromatic carbocycles. The standard InChI is InChI=1S/C27H25Cl4N3O2/c1-18(27(35)32-23-5-3-2-4-6-23)33-13-14-34(17-33)26(31)25(19-7-10-21(28)11-8-19)36-16-20-9-12-22(29)15-24(20)30/h2-15,18,25-26H,16-17H2,1H3,(H,32,35). The Morgan fingerprint density at radius 1 is 0.944 bits per heavy atom. The quantitative estimate of drug-likeness (QED) is 0.215. The van der Waals surface area contributed by atoms with Crippen LogP contribution in [0.4, 0.5) is 5.69 Å². The predicted molar refractivity (Wildman–Crippen MR) is 147 cm³/mol. The number of benzene rings is 3. The first kappa shape index (κ1) is 26.6. The molecule has 1 aliphatic heterocycles. The van der Waals surface area contributed by atoms with E-state index in [2.05, 4.69) is 5.32 Å². The van der Waals surface area contributed by atoms with Crippen molar-refractivity contribution in [3.8, 4) is 0 Å². The molecule has 0 fully saturated rings. The molecule has 3 aromatic rings. The second-order valence-corrected chi connectivity index (χ2v) is 10.1. The average molecular weight is 565 g/mol. The molecule has 0 bridgehead atoms. The Hall–Kier alpha value is -2.41. The molecule has 1 N–H and O–H groups in total. The van der Waals surface area contributed by atoms with Crippen LogP contribution < -0.4 is 5.32 Å². The lowest BCUT2D eigenvalue weighted by Crippen LogP contribution is -2.42. The van der Waals surface area contributed by atoms with Crippen LogP contribution in [-0.4, -0.2) is 33.9 Å². The van der Waals surface area contributed by atoms with Crippen LogP contribution in [-0.2, 0) is 16.1 Å². The highest BCUT2D eigenvalue weighted by atomic mass is 35.5. The number of nitrogens with zero attached hydrogens (tertiary/aromatic N) is 2. The van der Waals surface area contributed by atoms with Crippen LogP contribution in [0, 0.1) is 0 Å². The van der Waals surface area contributed by atoms with E-state index < -0.39 is 17.6 Å². The van der Waals surface area contributed by atoms with Gasteiger partial charge in [0, 0.05) is 33.2 Å². The Kier molecular flexibility index (Phi) is 9.04. The number of nitrogens with one attached hydrogen (secondary N) is 1. The van der Waals surface area contributed by atoms with Crippen molar-refractivity contribution in [3.63, 3.8) is 0 Å². The van der Waals surface area contributed by atoms with Crippen LogP contribution in [0.15, 0.2) is 85.2 Å². The molecule has 1 heterocycles. The Morgan fingerprint density at radius 2 is 1.61 bits per heavy atom. The molecule has 0 saturated carbocycles. The van der Waals surface area contributed by atoms with Crippen LogP contribution in [0.5, 0.6) is 0 Å². The smallest absolute Gasteiger partial charge is 0.246 e. The summed E-state index contributed by atoms with van der Waals surface area (Å²) in [5.74, 6) is -0.110. The van der Waals surface area contributed by atoms with Gasteiger partial charge < -0.3 is 19.9 Å². The third-order valence-electron chi connectivity index (χ3n) is 5.89. The number of carbonyl (C=O) groups excluding carboxylic acids is 1. The van der Waals surface area contributed by atoms with Gasteiger partial charge in [0.2, 0.25) is 5.91 Å². The van der Waals surface area contributed by atoms with Crippen LogP contribution in [0.3, 0.4) is 0 Å². The lowest BCUT2D eigenvalue weighted by atomic mass is 10.1. The molecular weight excluding hydrogens is 540 g/mol. The van der Waals surface area contributed by atoms with Gasteiger partial charge in [0.05, 0.1) is 13.3 Å². The van der Waals surface area contributed by atoms with Crippen molar-refractivity contribution < 1.29 is 9.53 Å². The minimum absolute atomic E-state index is 0.110. The van der Waals surface area contributed by atoms with E-state index in [-0.39, 0.29) is 12.5 Å². The van der Waals surface area contributed by atoms with E-state index in [0.29, 0.717) is 21.7 Å². The number of halogens is 4. The van der Waals surface area contributed by atoms with Gasteiger partial charge in [-0.25, -0.2) is 0 Å². The van der Waals surface area contributed by atoms with E-state index in [1.54, 1.807) is 24.3 Å². The summed E-state index contributed by atoms with van der Waals surface area (Å²) < 4.78 is 6.30. The molecule has 4 rings (SSSR count). The van der Waals surface area contributed by atoms with Crippen molar-refractivity contribution in [1.29, 1.82) is 0 Å². The average Bonchev–Trinajstić information content (AvgIpc) is 3.36. The summed E-state index contributed by atoms with van der Waals surface area (Å²) in [6.45, 7) is 2.52. The molecule has 36 heavy (non-hydrogen) atoms. The summed E-state index contributed by atoms with van der Waals surface area (Å²) >= 11 is 25.5. The monoisotopic (exact) mass is 563 g/mol. The molecule has 0 aliphatic carbocycles. The van der Waals surface area contributed by atoms with Gasteiger partial charge in [0.1, 0.15) is 17.6 Å². The SMILES string of the molecule is CC(C(=O)Nc1ccccc1)N1C=CN(C(Cl)C(OCc2ccc(Cl)cc2Cl)c2ccc(Cl)cc2)C1. The molecule has 9 heteroatoms. The van der Waals surface area contributed by atoms with Gasteiger partial charge in [-0.2, -0.15) is 0 Å². The molecule has 188 valence electrons. The van der Waals surface area contributed by atoms with Crippen LogP contribution in [0.2, 0.25) is 15.1 Å². The highest BCUT2D eigenvalue weighted by molar-refractivity contribution is 6.35. The van der Waals surface area contributed by atoms with Crippen LogP contribution >= 0.6 is 46.4 Å². The Balaban J connectivity index is 1.45. The summed E-state index contributed by atoms with van der Waals surface area (Å²) in [6.07, 6.45) is 3.22. The van der Waals surface area contributed by atoms with Crippen molar-refractivity contribution in [1.82, 2.24) is 9.80 Å². The zero-order valence-electron chi connectivity index (χ0n) is 19.5. The number of carbonyl (C=O) groups is 1. The van der Waals surface area contributed by atoms with Crippen molar-refractivity contribution in [2.24, 2.45) is 0 Å². The first-order chi connectivity index (χ1) is 17.3. The minimum atomic E-state index is -0.567. The van der Waals surface area contributed by atoms with Gasteiger partial charge in [-0.05, 0) is 54.4 Å². The number of alkyl halides is 1. The van der Waals surface area contributed by atoms with Crippen molar-refractivity contribution in [2.75, 3.05) is 12.0 Å². The van der Waals surface area contributed by atoms with Gasteiger partial charge in [-0.15, -0.1) is 0 Å². The first-order valence-electron chi connectivity index (χ1n) is 11.3. The van der Waals surface area contributed by atoms with Gasteiger partial charge in [-0.3, -0.25) is 4.79 Å². The fraction of sp³-hybridized carbons (Fsp3) is 0.222. The van der Waals surface area contributed by atoms with Crippen LogP contribution in [0.1, 0.15) is 24.2 Å². The summed E-state index contributed by atoms with van der Waals surface area (Å²) in [6, 6.07) is 21.6. The number of hydrogen-bond donors (Lipinski definition) is 1. The Morgan fingerprint density at radius 3 is 2.31 bits per heavy atom. The van der Waals surface area contributed by atoms with E-state index in [1.165, 1.54) is 0 Å². The van der Waals surface area contributed by atoms with Gasteiger partial charge >= 0.3 is 0 Å². The van der Waals surface area contributed by atoms with E-state index in [4.69, 9.17) is 51.1 Å². The number of anilines is 1. The van der Waals surface area contributed by atoms with E-state index in [1.807, 2.05) is 77.7 Å². The lowest BCUT2D eigenvalue weighted by Gasteiger charge is -2.33. The summed E-state index contributed by atoms with van der Waals surface area (Å²) in [5.41, 5.74) is 1.85. The maximum Gasteiger partial charge on any atom is 0.246 e. The molecule has 3 unspecified atom stereocenters. The largest absolute Gasteiger partial charge is 0.365 e. The fourth-order valence-electron chi connectivity index (χ4n) is 3.76. The third-order valence-corrected chi connectivity index (χ3v) is 7.21. The van der Waals surface area contributed by atoms with E-state index in [0.717, 1.165) is 16.8 Å². The van der Waals surface area contributed by atoms with Crippen LogP contribution in [0.25, 0.3) is 0 Å². The second-order valence-electron chi connectivity index (χ2n) is 8.39. The number of hydrogen-bond acceptors (Lipinski definition) is 4. The molecule has 3 atom stereocenters. The Bertz CT molecular complexity index is 1210. The molecule has 5 nitrogen and oxygen atoms in total. The number of amides is 1. The highest BCUT2D eigenvalue weighted by Gasteiger charge is 2.32. The van der Waals surface area contributed by atoms with Gasteiger partial charge in [0.15, 0.2) is 0 Å². The first-order valence-corrected chi connectivity index (χ1v) is 12.9. The maximum absolute atomic E-state index is 12.8. The zero-order valence-corrected chi connectivity index (χ0v) is 22.5. The summed E-state index contributed by atoms with van der Waals surface area (Å²) in [5, 5.41) is 4.64. The number of ether oxygens (including phenoxy) is 1. The summed E-state index contributed by atoms with van der Waals surface area (Å²) in [4.78, 5) is 16.6. The van der Waals surface area contributed by atoms with E-state index in [9.17, 15) is 4.79 Å². The summed E-state index contributed by atoms with van der Waals surface area (Å²) in [7, 11) is 0. The minimum Gasteiger partial charge on any atom is -0.365 e. The molecule has 0 spiro atoms. The lowest BCUT2D eigenvalue weighted by molar-refractivity contribution is -0.120.